The van der Waals surface area contributed by atoms with Crippen molar-refractivity contribution >= 4 is 9.84 Å². The fourth-order valence-corrected chi connectivity index (χ4v) is 4.18. The molecule has 0 aromatic heterocycles. The molecule has 1 N–H and O–H groups in total. The van der Waals surface area contributed by atoms with Crippen molar-refractivity contribution in [2.45, 2.75) is 38.8 Å². The first-order chi connectivity index (χ1) is 8.61. The number of sulfone groups is 1. The molecule has 1 aliphatic rings. The van der Waals surface area contributed by atoms with E-state index in [2.05, 4.69) is 24.4 Å². The lowest BCUT2D eigenvalue weighted by Crippen LogP contribution is -2.39. The molecule has 0 bridgehead atoms. The van der Waals surface area contributed by atoms with Crippen molar-refractivity contribution in [3.63, 3.8) is 0 Å². The van der Waals surface area contributed by atoms with Crippen LogP contribution < -0.4 is 5.32 Å². The molecule has 1 unspecified atom stereocenters. The van der Waals surface area contributed by atoms with Gasteiger partial charge in [0.15, 0.2) is 9.84 Å². The highest BCUT2D eigenvalue weighted by Crippen LogP contribution is 2.14. The molecule has 0 saturated carbocycles. The fraction of sp³-hybridized carbons (Fsp3) is 0.571. The van der Waals surface area contributed by atoms with Crippen LogP contribution in [-0.4, -0.2) is 26.0 Å². The number of hydrogen-bond donors (Lipinski definition) is 1. The van der Waals surface area contributed by atoms with Gasteiger partial charge in [-0.15, -0.1) is 0 Å². The van der Waals surface area contributed by atoms with Crippen molar-refractivity contribution in [3.05, 3.63) is 35.4 Å². The SMILES string of the molecule is CCc1ccccc1CNC1CCCS(=O)(=O)C1. The zero-order chi connectivity index (χ0) is 13.0. The van der Waals surface area contributed by atoms with E-state index < -0.39 is 9.84 Å². The Bertz CT molecular complexity index is 496. The summed E-state index contributed by atoms with van der Waals surface area (Å²) >= 11 is 0. The smallest absolute Gasteiger partial charge is 0.151 e. The van der Waals surface area contributed by atoms with Crippen molar-refractivity contribution in [2.24, 2.45) is 0 Å². The highest BCUT2D eigenvalue weighted by molar-refractivity contribution is 7.91. The summed E-state index contributed by atoms with van der Waals surface area (Å²) in [6.45, 7) is 2.91. The zero-order valence-electron chi connectivity index (χ0n) is 10.9. The summed E-state index contributed by atoms with van der Waals surface area (Å²) in [6, 6.07) is 8.45. The maximum atomic E-state index is 11.6. The Kier molecular flexibility index (Phi) is 4.40. The second-order valence-electron chi connectivity index (χ2n) is 4.96. The van der Waals surface area contributed by atoms with Gasteiger partial charge < -0.3 is 5.32 Å². The summed E-state index contributed by atoms with van der Waals surface area (Å²) in [7, 11) is -2.81. The van der Waals surface area contributed by atoms with E-state index in [4.69, 9.17) is 0 Å². The molecular formula is C14H21NO2S. The third-order valence-corrected chi connectivity index (χ3v) is 5.36. The molecule has 0 spiro atoms. The lowest BCUT2D eigenvalue weighted by molar-refractivity contribution is 0.479. The van der Waals surface area contributed by atoms with Gasteiger partial charge in [0.05, 0.1) is 11.5 Å². The van der Waals surface area contributed by atoms with Gasteiger partial charge in [-0.3, -0.25) is 0 Å². The molecule has 1 fully saturated rings. The third kappa shape index (κ3) is 3.56. The maximum Gasteiger partial charge on any atom is 0.151 e. The quantitative estimate of drug-likeness (QED) is 0.906. The standard InChI is InChI=1S/C14H21NO2S/c1-2-12-6-3-4-7-13(12)10-15-14-8-5-9-18(16,17)11-14/h3-4,6-7,14-15H,2,5,8-11H2,1H3. The van der Waals surface area contributed by atoms with E-state index in [9.17, 15) is 8.42 Å². The summed E-state index contributed by atoms with van der Waals surface area (Å²) in [5.74, 6) is 0.651. The molecule has 4 heteroatoms. The molecule has 100 valence electrons. The van der Waals surface area contributed by atoms with Gasteiger partial charge >= 0.3 is 0 Å². The molecule has 1 aromatic carbocycles. The molecule has 0 amide bonds. The minimum absolute atomic E-state index is 0.119. The predicted molar refractivity (Wildman–Crippen MR) is 74.3 cm³/mol. The number of benzene rings is 1. The van der Waals surface area contributed by atoms with Gasteiger partial charge in [-0.25, -0.2) is 8.42 Å². The molecule has 0 radical (unpaired) electrons. The van der Waals surface area contributed by atoms with Gasteiger partial charge in [0, 0.05) is 12.6 Å². The molecule has 1 atom stereocenters. The van der Waals surface area contributed by atoms with E-state index >= 15 is 0 Å². The van der Waals surface area contributed by atoms with Crippen LogP contribution in [-0.2, 0) is 22.8 Å². The van der Waals surface area contributed by atoms with Crippen LogP contribution in [0.2, 0.25) is 0 Å². The van der Waals surface area contributed by atoms with E-state index in [1.165, 1.54) is 11.1 Å². The van der Waals surface area contributed by atoms with E-state index in [0.717, 1.165) is 25.8 Å². The van der Waals surface area contributed by atoms with Gasteiger partial charge in [0.1, 0.15) is 0 Å². The van der Waals surface area contributed by atoms with Crippen LogP contribution in [0.4, 0.5) is 0 Å². The molecule has 1 saturated heterocycles. The van der Waals surface area contributed by atoms with Crippen LogP contribution in [0.25, 0.3) is 0 Å². The maximum absolute atomic E-state index is 11.6. The molecular weight excluding hydrogens is 246 g/mol. The Balaban J connectivity index is 1.95. The molecule has 0 aliphatic carbocycles. The zero-order valence-corrected chi connectivity index (χ0v) is 11.7. The average molecular weight is 267 g/mol. The lowest BCUT2D eigenvalue weighted by Gasteiger charge is -2.23. The lowest BCUT2D eigenvalue weighted by atomic mass is 10.0. The van der Waals surface area contributed by atoms with Crippen molar-refractivity contribution in [3.8, 4) is 0 Å². The molecule has 1 aliphatic heterocycles. The minimum Gasteiger partial charge on any atom is -0.309 e. The Morgan fingerprint density at radius 2 is 2.00 bits per heavy atom. The van der Waals surface area contributed by atoms with E-state index in [1.54, 1.807) is 0 Å². The van der Waals surface area contributed by atoms with Gasteiger partial charge in [0.2, 0.25) is 0 Å². The Morgan fingerprint density at radius 3 is 2.67 bits per heavy atom. The van der Waals surface area contributed by atoms with Crippen LogP contribution in [0, 0.1) is 0 Å². The van der Waals surface area contributed by atoms with Crippen LogP contribution in [0.1, 0.15) is 30.9 Å². The first kappa shape index (κ1) is 13.6. The summed E-state index contributed by atoms with van der Waals surface area (Å²) in [4.78, 5) is 0. The van der Waals surface area contributed by atoms with Crippen molar-refractivity contribution < 1.29 is 8.42 Å². The van der Waals surface area contributed by atoms with Crippen molar-refractivity contribution in [1.29, 1.82) is 0 Å². The average Bonchev–Trinajstić information content (AvgIpc) is 2.35. The monoisotopic (exact) mass is 267 g/mol. The van der Waals surface area contributed by atoms with Gasteiger partial charge in [-0.05, 0) is 30.4 Å². The number of nitrogens with one attached hydrogen (secondary N) is 1. The first-order valence-electron chi connectivity index (χ1n) is 6.61. The number of hydrogen-bond acceptors (Lipinski definition) is 3. The summed E-state index contributed by atoms with van der Waals surface area (Å²) in [5.41, 5.74) is 2.62. The van der Waals surface area contributed by atoms with E-state index in [0.29, 0.717) is 11.5 Å². The van der Waals surface area contributed by atoms with Crippen LogP contribution >= 0.6 is 0 Å². The summed E-state index contributed by atoms with van der Waals surface area (Å²) in [5, 5.41) is 3.39. The third-order valence-electron chi connectivity index (χ3n) is 3.54. The molecule has 1 heterocycles. The highest BCUT2D eigenvalue weighted by atomic mass is 32.2. The highest BCUT2D eigenvalue weighted by Gasteiger charge is 2.24. The van der Waals surface area contributed by atoms with Crippen molar-refractivity contribution in [2.75, 3.05) is 11.5 Å². The second-order valence-corrected chi connectivity index (χ2v) is 7.19. The van der Waals surface area contributed by atoms with Crippen LogP contribution in [0.15, 0.2) is 24.3 Å². The summed E-state index contributed by atoms with van der Waals surface area (Å²) in [6.07, 6.45) is 2.77. The van der Waals surface area contributed by atoms with Crippen molar-refractivity contribution in [1.82, 2.24) is 5.32 Å². The topological polar surface area (TPSA) is 46.2 Å². The number of rotatable bonds is 4. The Morgan fingerprint density at radius 1 is 1.28 bits per heavy atom. The first-order valence-corrected chi connectivity index (χ1v) is 8.43. The number of aryl methyl sites for hydroxylation is 1. The van der Waals surface area contributed by atoms with Gasteiger partial charge in [0.25, 0.3) is 0 Å². The fourth-order valence-electron chi connectivity index (χ4n) is 2.51. The van der Waals surface area contributed by atoms with Gasteiger partial charge in [-0.1, -0.05) is 31.2 Å². The Labute approximate surface area is 110 Å². The molecule has 2 rings (SSSR count). The van der Waals surface area contributed by atoms with E-state index in [-0.39, 0.29) is 6.04 Å². The van der Waals surface area contributed by atoms with Crippen LogP contribution in [0.3, 0.4) is 0 Å². The van der Waals surface area contributed by atoms with Crippen LogP contribution in [0.5, 0.6) is 0 Å². The van der Waals surface area contributed by atoms with Gasteiger partial charge in [-0.2, -0.15) is 0 Å². The minimum atomic E-state index is -2.81. The largest absolute Gasteiger partial charge is 0.309 e. The molecule has 3 nitrogen and oxygen atoms in total. The second kappa shape index (κ2) is 5.85. The van der Waals surface area contributed by atoms with E-state index in [1.807, 2.05) is 12.1 Å². The Hall–Kier alpha value is -0.870. The molecule has 18 heavy (non-hydrogen) atoms. The normalized spacial score (nSPS) is 22.8. The molecule has 1 aromatic rings. The summed E-state index contributed by atoms with van der Waals surface area (Å²) < 4.78 is 23.1. The predicted octanol–water partition coefficient (Wildman–Crippen LogP) is 1.92.